The standard InChI is InChI=1S/C45H75N3O16P2/c1-4-5-6-7-16-21-26-36(49)27-22-17-12-8-9-13-19-24-29-41(51)62-37(32-59-40(50)28-23-18-14-10-11-15-20-25-35(2)3)33-60-65(55,56)64-66(57,58)61-34-38-42(52)43(53)44(63-38)48-31-30-39(46)47-45(48)54/h9,12-13,16-17,21-22,27,30-31,35-38,42-44,49,52-53H,4-8,10-11,14-15,18-20,23-26,28-29,32-34H2,1-3H3,(H,55,56)(H,57,58)(H2,46,47,54)/b13-9-,17-12-,21-16-,27-22+/t36-,37+,38+,42+,43+,44+/m0/s1. The number of rotatable bonds is 36. The SMILES string of the molecule is CCCCC/C=C\C[C@H](O)/C=C/C=C\C/C=C\CCCC(=O)O[C@H](COC(=O)CCCCCCCCCC(C)C)COP(=O)(O)OP(=O)(O)OC[C@H]1O[C@@H](n2ccc(N)nc2=O)[C@H](O)[C@@H]1O. The van der Waals surface area contributed by atoms with Crippen LogP contribution in [0.5, 0.6) is 0 Å². The van der Waals surface area contributed by atoms with Gasteiger partial charge in [-0.25, -0.2) is 13.9 Å². The number of phosphoric ester groups is 2. The maximum Gasteiger partial charge on any atom is 0.481 e. The summed E-state index contributed by atoms with van der Waals surface area (Å²) in [7, 11) is -10.9. The number of esters is 2. The molecule has 19 nitrogen and oxygen atoms in total. The minimum atomic E-state index is -5.44. The summed E-state index contributed by atoms with van der Waals surface area (Å²) in [6.07, 6.45) is 22.8. The second kappa shape index (κ2) is 33.2. The van der Waals surface area contributed by atoms with Gasteiger partial charge in [0, 0.05) is 19.0 Å². The van der Waals surface area contributed by atoms with Crippen LogP contribution in [0.2, 0.25) is 0 Å². The fraction of sp³-hybridized carbons (Fsp3) is 0.689. The van der Waals surface area contributed by atoms with Crippen LogP contribution in [0.4, 0.5) is 5.82 Å². The highest BCUT2D eigenvalue weighted by Gasteiger charge is 2.46. The van der Waals surface area contributed by atoms with Gasteiger partial charge in [-0.2, -0.15) is 9.29 Å². The molecule has 7 N–H and O–H groups in total. The van der Waals surface area contributed by atoms with Crippen molar-refractivity contribution in [3.63, 3.8) is 0 Å². The van der Waals surface area contributed by atoms with Crippen molar-refractivity contribution in [3.8, 4) is 0 Å². The van der Waals surface area contributed by atoms with Crippen LogP contribution < -0.4 is 11.4 Å². The number of carbonyl (C=O) groups is 2. The highest BCUT2D eigenvalue weighted by atomic mass is 31.3. The Labute approximate surface area is 389 Å². The molecule has 1 aliphatic rings. The van der Waals surface area contributed by atoms with Crippen molar-refractivity contribution < 1.29 is 71.4 Å². The summed E-state index contributed by atoms with van der Waals surface area (Å²) >= 11 is 0. The summed E-state index contributed by atoms with van der Waals surface area (Å²) in [5, 5.41) is 30.9. The number of allylic oxidation sites excluding steroid dienone is 6. The number of unbranched alkanes of at least 4 members (excludes halogenated alkanes) is 10. The molecule has 0 aromatic carbocycles. The molecule has 1 aliphatic heterocycles. The highest BCUT2D eigenvalue weighted by Crippen LogP contribution is 2.60. The van der Waals surface area contributed by atoms with Crippen LogP contribution in [0.15, 0.2) is 65.7 Å². The Kier molecular flexibility index (Phi) is 29.6. The summed E-state index contributed by atoms with van der Waals surface area (Å²) in [6, 6.07) is 1.24. The Morgan fingerprint density at radius 3 is 2.23 bits per heavy atom. The summed E-state index contributed by atoms with van der Waals surface area (Å²) in [4.78, 5) is 61.6. The molecular formula is C45H75N3O16P2. The van der Waals surface area contributed by atoms with Crippen molar-refractivity contribution in [2.24, 2.45) is 5.92 Å². The van der Waals surface area contributed by atoms with E-state index in [2.05, 4.69) is 36.1 Å². The first-order valence-corrected chi connectivity index (χ1v) is 26.1. The zero-order valence-electron chi connectivity index (χ0n) is 38.8. The Morgan fingerprint density at radius 1 is 0.848 bits per heavy atom. The molecule has 0 aliphatic carbocycles. The summed E-state index contributed by atoms with van der Waals surface area (Å²) in [5.74, 6) is -0.727. The number of carbonyl (C=O) groups excluding carboxylic acids is 2. The van der Waals surface area contributed by atoms with Gasteiger partial charge in [-0.15, -0.1) is 0 Å². The van der Waals surface area contributed by atoms with Crippen LogP contribution in [-0.2, 0) is 46.3 Å². The number of aromatic nitrogens is 2. The predicted octanol–water partition coefficient (Wildman–Crippen LogP) is 7.43. The van der Waals surface area contributed by atoms with Crippen molar-refractivity contribution in [2.45, 2.75) is 173 Å². The molecular weight excluding hydrogens is 900 g/mol. The third-order valence-electron chi connectivity index (χ3n) is 10.2. The molecule has 1 aromatic rings. The van der Waals surface area contributed by atoms with E-state index in [1.54, 1.807) is 12.2 Å². The topological polar surface area (TPSA) is 286 Å². The molecule has 0 spiro atoms. The van der Waals surface area contributed by atoms with Crippen molar-refractivity contribution in [2.75, 3.05) is 25.6 Å². The number of phosphoric acid groups is 2. The average molecular weight is 976 g/mol. The minimum absolute atomic E-state index is 0.0587. The van der Waals surface area contributed by atoms with Crippen molar-refractivity contribution >= 4 is 33.4 Å². The highest BCUT2D eigenvalue weighted by molar-refractivity contribution is 7.61. The molecule has 1 saturated heterocycles. The van der Waals surface area contributed by atoms with Gasteiger partial charge in [0.1, 0.15) is 30.7 Å². The van der Waals surface area contributed by atoms with E-state index in [4.69, 9.17) is 29.0 Å². The lowest BCUT2D eigenvalue weighted by atomic mass is 10.0. The molecule has 8 atom stereocenters. The molecule has 0 saturated carbocycles. The number of nitrogen functional groups attached to an aromatic ring is 1. The molecule has 2 heterocycles. The maximum absolute atomic E-state index is 12.8. The molecule has 66 heavy (non-hydrogen) atoms. The van der Waals surface area contributed by atoms with Gasteiger partial charge in [0.2, 0.25) is 0 Å². The van der Waals surface area contributed by atoms with Crippen LogP contribution in [0, 0.1) is 5.92 Å². The second-order valence-electron chi connectivity index (χ2n) is 16.6. The Hall–Kier alpha value is -3.32. The lowest BCUT2D eigenvalue weighted by Gasteiger charge is -2.21. The summed E-state index contributed by atoms with van der Waals surface area (Å²) < 4.78 is 56.4. The third-order valence-corrected chi connectivity index (χ3v) is 12.8. The van der Waals surface area contributed by atoms with Gasteiger partial charge in [-0.05, 0) is 56.9 Å². The van der Waals surface area contributed by atoms with Gasteiger partial charge in [0.05, 0.1) is 19.3 Å². The number of aliphatic hydroxyl groups excluding tert-OH is 3. The van der Waals surface area contributed by atoms with Crippen molar-refractivity contribution in [3.05, 3.63) is 71.4 Å². The van der Waals surface area contributed by atoms with E-state index in [0.29, 0.717) is 38.0 Å². The van der Waals surface area contributed by atoms with Gasteiger partial charge >= 0.3 is 33.3 Å². The minimum Gasteiger partial charge on any atom is -0.462 e. The van der Waals surface area contributed by atoms with Crippen LogP contribution in [0.3, 0.4) is 0 Å². The fourth-order valence-corrected chi connectivity index (χ4v) is 8.62. The lowest BCUT2D eigenvalue weighted by Crippen LogP contribution is -2.36. The van der Waals surface area contributed by atoms with E-state index in [1.807, 2.05) is 30.4 Å². The Balaban J connectivity index is 1.87. The van der Waals surface area contributed by atoms with Crippen LogP contribution >= 0.6 is 15.6 Å². The molecule has 0 amide bonds. The second-order valence-corrected chi connectivity index (χ2v) is 19.6. The molecule has 1 aromatic heterocycles. The normalized spacial score (nSPS) is 20.7. The fourth-order valence-electron chi connectivity index (χ4n) is 6.51. The molecule has 2 unspecified atom stereocenters. The molecule has 1 fully saturated rings. The van der Waals surface area contributed by atoms with Crippen LogP contribution in [0.25, 0.3) is 0 Å². The monoisotopic (exact) mass is 975 g/mol. The van der Waals surface area contributed by atoms with Gasteiger partial charge in [0.15, 0.2) is 12.3 Å². The van der Waals surface area contributed by atoms with E-state index < -0.39 is 89.8 Å². The first-order valence-electron chi connectivity index (χ1n) is 23.1. The van der Waals surface area contributed by atoms with Crippen LogP contribution in [0.1, 0.15) is 143 Å². The third kappa shape index (κ3) is 26.9. The van der Waals surface area contributed by atoms with Crippen molar-refractivity contribution in [1.29, 1.82) is 0 Å². The van der Waals surface area contributed by atoms with E-state index in [-0.39, 0.29) is 18.7 Å². The van der Waals surface area contributed by atoms with E-state index in [9.17, 15) is 48.6 Å². The van der Waals surface area contributed by atoms with E-state index in [1.165, 1.54) is 38.2 Å². The number of anilines is 1. The van der Waals surface area contributed by atoms with E-state index >= 15 is 0 Å². The zero-order chi connectivity index (χ0) is 48.8. The van der Waals surface area contributed by atoms with Gasteiger partial charge in [-0.1, -0.05) is 127 Å². The first kappa shape index (κ1) is 58.8. The van der Waals surface area contributed by atoms with Gasteiger partial charge < -0.3 is 45.1 Å². The van der Waals surface area contributed by atoms with Crippen molar-refractivity contribution in [1.82, 2.24) is 9.55 Å². The maximum atomic E-state index is 12.8. The zero-order valence-corrected chi connectivity index (χ0v) is 40.5. The number of hydrogen-bond donors (Lipinski definition) is 6. The summed E-state index contributed by atoms with van der Waals surface area (Å²) in [6.45, 7) is 4.18. The first-order chi connectivity index (χ1) is 31.4. The van der Waals surface area contributed by atoms with E-state index in [0.717, 1.165) is 49.3 Å². The molecule has 2 rings (SSSR count). The average Bonchev–Trinajstić information content (AvgIpc) is 3.53. The number of aliphatic hydroxyl groups is 3. The predicted molar refractivity (Wildman–Crippen MR) is 248 cm³/mol. The van der Waals surface area contributed by atoms with Gasteiger partial charge in [-0.3, -0.25) is 23.2 Å². The molecule has 0 bridgehead atoms. The largest absolute Gasteiger partial charge is 0.481 e. The Morgan fingerprint density at radius 2 is 1.52 bits per heavy atom. The Bertz CT molecular complexity index is 1820. The number of nitrogens with two attached hydrogens (primary N) is 1. The number of nitrogens with zero attached hydrogens (tertiary/aromatic N) is 2. The number of ether oxygens (including phenoxy) is 3. The molecule has 0 radical (unpaired) electrons. The molecule has 21 heteroatoms. The summed E-state index contributed by atoms with van der Waals surface area (Å²) in [5.41, 5.74) is 4.56. The quantitative estimate of drug-likeness (QED) is 0.0125. The number of hydrogen-bond acceptors (Lipinski definition) is 16. The van der Waals surface area contributed by atoms with Crippen LogP contribution in [-0.4, -0.2) is 96.9 Å². The van der Waals surface area contributed by atoms with Gasteiger partial charge in [0.25, 0.3) is 0 Å². The lowest BCUT2D eigenvalue weighted by molar-refractivity contribution is -0.161. The molecule has 376 valence electrons. The smallest absolute Gasteiger partial charge is 0.462 e.